The van der Waals surface area contributed by atoms with Crippen LogP contribution in [-0.4, -0.2) is 48.2 Å². The SMILES string of the molecule is CC1(C(=O)O)CCN(C(=O)NCCOc2ccc(Br)cc2)C1. The van der Waals surface area contributed by atoms with E-state index >= 15 is 0 Å². The van der Waals surface area contributed by atoms with E-state index < -0.39 is 11.4 Å². The number of benzene rings is 1. The number of carbonyl (C=O) groups is 2. The van der Waals surface area contributed by atoms with Gasteiger partial charge in [0.25, 0.3) is 0 Å². The van der Waals surface area contributed by atoms with E-state index in [0.717, 1.165) is 10.2 Å². The van der Waals surface area contributed by atoms with Gasteiger partial charge in [0.15, 0.2) is 0 Å². The number of rotatable bonds is 5. The van der Waals surface area contributed by atoms with Gasteiger partial charge in [-0.15, -0.1) is 0 Å². The van der Waals surface area contributed by atoms with Gasteiger partial charge in [-0.1, -0.05) is 15.9 Å². The number of hydrogen-bond acceptors (Lipinski definition) is 3. The van der Waals surface area contributed by atoms with E-state index in [9.17, 15) is 9.59 Å². The number of carboxylic acid groups (broad SMARTS) is 1. The number of amides is 2. The van der Waals surface area contributed by atoms with Crippen molar-refractivity contribution in [1.82, 2.24) is 10.2 Å². The molecular formula is C15H19BrN2O4. The summed E-state index contributed by atoms with van der Waals surface area (Å²) in [6.07, 6.45) is 0.477. The second-order valence-corrected chi connectivity index (χ2v) is 6.49. The molecule has 0 radical (unpaired) electrons. The Kier molecular flexibility index (Phi) is 5.28. The summed E-state index contributed by atoms with van der Waals surface area (Å²) in [6, 6.07) is 7.19. The summed E-state index contributed by atoms with van der Waals surface area (Å²) in [5, 5.41) is 11.9. The number of hydrogen-bond donors (Lipinski definition) is 2. The van der Waals surface area contributed by atoms with Crippen molar-refractivity contribution in [3.63, 3.8) is 0 Å². The first kappa shape index (κ1) is 16.6. The Labute approximate surface area is 137 Å². The number of aliphatic carboxylic acids is 1. The molecule has 7 heteroatoms. The molecule has 1 aromatic rings. The smallest absolute Gasteiger partial charge is 0.317 e. The molecule has 0 saturated carbocycles. The van der Waals surface area contributed by atoms with Crippen molar-refractivity contribution in [3.05, 3.63) is 28.7 Å². The molecule has 2 amide bonds. The molecule has 0 aliphatic carbocycles. The van der Waals surface area contributed by atoms with Crippen LogP contribution in [-0.2, 0) is 4.79 Å². The van der Waals surface area contributed by atoms with Crippen molar-refractivity contribution >= 4 is 27.9 Å². The zero-order valence-electron chi connectivity index (χ0n) is 12.3. The maximum Gasteiger partial charge on any atom is 0.317 e. The molecule has 0 aromatic heterocycles. The van der Waals surface area contributed by atoms with Crippen molar-refractivity contribution < 1.29 is 19.4 Å². The van der Waals surface area contributed by atoms with E-state index in [-0.39, 0.29) is 12.6 Å². The Morgan fingerprint density at radius 2 is 2.09 bits per heavy atom. The summed E-state index contributed by atoms with van der Waals surface area (Å²) in [6.45, 7) is 3.09. The fourth-order valence-corrected chi connectivity index (χ4v) is 2.54. The van der Waals surface area contributed by atoms with E-state index in [1.165, 1.54) is 4.90 Å². The molecule has 2 N–H and O–H groups in total. The zero-order valence-corrected chi connectivity index (χ0v) is 13.9. The molecule has 1 aliphatic heterocycles. The van der Waals surface area contributed by atoms with Crippen LogP contribution < -0.4 is 10.1 Å². The van der Waals surface area contributed by atoms with Gasteiger partial charge in [0, 0.05) is 17.6 Å². The normalized spacial score (nSPS) is 20.7. The molecule has 6 nitrogen and oxygen atoms in total. The van der Waals surface area contributed by atoms with Crippen molar-refractivity contribution in [2.45, 2.75) is 13.3 Å². The standard InChI is InChI=1S/C15H19BrN2O4/c1-15(13(19)20)6-8-18(10-15)14(21)17-7-9-22-12-4-2-11(16)3-5-12/h2-5H,6-10H2,1H3,(H,17,21)(H,19,20). The van der Waals surface area contributed by atoms with Crippen LogP contribution in [0.5, 0.6) is 5.75 Å². The van der Waals surface area contributed by atoms with Gasteiger partial charge in [-0.05, 0) is 37.6 Å². The van der Waals surface area contributed by atoms with Crippen molar-refractivity contribution in [1.29, 1.82) is 0 Å². The lowest BCUT2D eigenvalue weighted by Crippen LogP contribution is -2.42. The minimum Gasteiger partial charge on any atom is -0.492 e. The third-order valence-corrected chi connectivity index (χ3v) is 4.27. The highest BCUT2D eigenvalue weighted by molar-refractivity contribution is 9.10. The average molecular weight is 371 g/mol. The first-order valence-corrected chi connectivity index (χ1v) is 7.84. The number of urea groups is 1. The average Bonchev–Trinajstić information content (AvgIpc) is 2.89. The van der Waals surface area contributed by atoms with Crippen LogP contribution in [0.2, 0.25) is 0 Å². The number of carbonyl (C=O) groups excluding carboxylic acids is 1. The quantitative estimate of drug-likeness (QED) is 0.779. The highest BCUT2D eigenvalue weighted by atomic mass is 79.9. The lowest BCUT2D eigenvalue weighted by atomic mass is 9.90. The summed E-state index contributed by atoms with van der Waals surface area (Å²) < 4.78 is 6.48. The molecule has 0 spiro atoms. The van der Waals surface area contributed by atoms with Gasteiger partial charge < -0.3 is 20.1 Å². The van der Waals surface area contributed by atoms with Gasteiger partial charge in [-0.25, -0.2) is 4.79 Å². The van der Waals surface area contributed by atoms with Crippen LogP contribution in [0.1, 0.15) is 13.3 Å². The largest absolute Gasteiger partial charge is 0.492 e. The number of likely N-dealkylation sites (tertiary alicyclic amines) is 1. The van der Waals surface area contributed by atoms with E-state index in [1.54, 1.807) is 6.92 Å². The minimum atomic E-state index is -0.860. The third kappa shape index (κ3) is 4.13. The minimum absolute atomic E-state index is 0.238. The molecule has 120 valence electrons. The maximum atomic E-state index is 12.0. The number of carboxylic acids is 1. The van der Waals surface area contributed by atoms with E-state index in [0.29, 0.717) is 26.1 Å². The first-order chi connectivity index (χ1) is 10.4. The van der Waals surface area contributed by atoms with Gasteiger partial charge in [-0.2, -0.15) is 0 Å². The number of ether oxygens (including phenoxy) is 1. The highest BCUT2D eigenvalue weighted by Crippen LogP contribution is 2.29. The number of nitrogens with zero attached hydrogens (tertiary/aromatic N) is 1. The second-order valence-electron chi connectivity index (χ2n) is 5.57. The predicted molar refractivity (Wildman–Crippen MR) is 85.0 cm³/mol. The summed E-state index contributed by atoms with van der Waals surface area (Å²) >= 11 is 3.34. The Hall–Kier alpha value is -1.76. The number of halogens is 1. The molecular weight excluding hydrogens is 352 g/mol. The van der Waals surface area contributed by atoms with Gasteiger partial charge in [-0.3, -0.25) is 4.79 Å². The van der Waals surface area contributed by atoms with Crippen LogP contribution in [0.25, 0.3) is 0 Å². The maximum absolute atomic E-state index is 12.0. The first-order valence-electron chi connectivity index (χ1n) is 7.05. The fraction of sp³-hybridized carbons (Fsp3) is 0.467. The Balaban J connectivity index is 1.70. The van der Waals surface area contributed by atoms with Crippen molar-refractivity contribution in [3.8, 4) is 5.75 Å². The topological polar surface area (TPSA) is 78.9 Å². The third-order valence-electron chi connectivity index (χ3n) is 3.74. The van der Waals surface area contributed by atoms with Gasteiger partial charge in [0.05, 0.1) is 12.0 Å². The Morgan fingerprint density at radius 1 is 1.41 bits per heavy atom. The van der Waals surface area contributed by atoms with E-state index in [2.05, 4.69) is 21.2 Å². The molecule has 1 heterocycles. The zero-order chi connectivity index (χ0) is 16.2. The van der Waals surface area contributed by atoms with Gasteiger partial charge >= 0.3 is 12.0 Å². The van der Waals surface area contributed by atoms with E-state index in [1.807, 2.05) is 24.3 Å². The fourth-order valence-electron chi connectivity index (χ4n) is 2.28. The molecule has 1 aromatic carbocycles. The van der Waals surface area contributed by atoms with Crippen LogP contribution in [0.15, 0.2) is 28.7 Å². The molecule has 2 rings (SSSR count). The molecule has 1 aliphatic rings. The van der Waals surface area contributed by atoms with Crippen LogP contribution in [0, 0.1) is 5.41 Å². The van der Waals surface area contributed by atoms with Gasteiger partial charge in [0.1, 0.15) is 12.4 Å². The molecule has 22 heavy (non-hydrogen) atoms. The molecule has 1 unspecified atom stereocenters. The van der Waals surface area contributed by atoms with E-state index in [4.69, 9.17) is 9.84 Å². The van der Waals surface area contributed by atoms with Crippen LogP contribution in [0.4, 0.5) is 4.79 Å². The summed E-state index contributed by atoms with van der Waals surface area (Å²) in [5.41, 5.74) is -0.842. The lowest BCUT2D eigenvalue weighted by Gasteiger charge is -2.20. The monoisotopic (exact) mass is 370 g/mol. The summed E-state index contributed by atoms with van der Waals surface area (Å²) in [4.78, 5) is 24.7. The summed E-state index contributed by atoms with van der Waals surface area (Å²) in [7, 11) is 0. The predicted octanol–water partition coefficient (Wildman–Crippen LogP) is 2.33. The van der Waals surface area contributed by atoms with Gasteiger partial charge in [0.2, 0.25) is 0 Å². The lowest BCUT2D eigenvalue weighted by molar-refractivity contribution is -0.146. The second kappa shape index (κ2) is 7.00. The Bertz CT molecular complexity index is 549. The summed E-state index contributed by atoms with van der Waals surface area (Å²) in [5.74, 6) is -0.126. The van der Waals surface area contributed by atoms with Crippen LogP contribution >= 0.6 is 15.9 Å². The number of nitrogens with one attached hydrogen (secondary N) is 1. The molecule has 1 atom stereocenters. The van der Waals surface area contributed by atoms with Crippen molar-refractivity contribution in [2.24, 2.45) is 5.41 Å². The molecule has 1 saturated heterocycles. The molecule has 0 bridgehead atoms. The Morgan fingerprint density at radius 3 is 2.68 bits per heavy atom. The van der Waals surface area contributed by atoms with Crippen molar-refractivity contribution in [2.75, 3.05) is 26.2 Å². The van der Waals surface area contributed by atoms with Crippen LogP contribution in [0.3, 0.4) is 0 Å². The molecule has 1 fully saturated rings. The highest BCUT2D eigenvalue weighted by Gasteiger charge is 2.42.